The van der Waals surface area contributed by atoms with Crippen LogP contribution in [0.25, 0.3) is 0 Å². The van der Waals surface area contributed by atoms with E-state index >= 15 is 0 Å². The van der Waals surface area contributed by atoms with Gasteiger partial charge in [-0.15, -0.1) is 17.0 Å². The average molecular weight is 248 g/mol. The molecular formula is C9H14BrNO2. The summed E-state index contributed by atoms with van der Waals surface area (Å²) in [7, 11) is 0. The summed E-state index contributed by atoms with van der Waals surface area (Å²) in [6, 6.07) is 6.14. The lowest BCUT2D eigenvalue weighted by molar-refractivity contribution is 0.153. The van der Waals surface area contributed by atoms with Gasteiger partial charge in [-0.05, 0) is 24.6 Å². The second-order valence-corrected chi connectivity index (χ2v) is 2.90. The molecule has 1 aromatic rings. The molecule has 0 bridgehead atoms. The standard InChI is InChI=1S/C9H13NO2.BrH/c1-6(10)9(12)7-3-2-4-8(11)5-7;/h2-6,9,11-12H,10H2,1H3;1H/t6-,9-;/m0./s1. The van der Waals surface area contributed by atoms with E-state index in [9.17, 15) is 5.11 Å². The average Bonchev–Trinajstić information content (AvgIpc) is 2.03. The molecule has 0 aliphatic heterocycles. The minimum atomic E-state index is -0.711. The van der Waals surface area contributed by atoms with Gasteiger partial charge in [0.05, 0.1) is 6.10 Å². The van der Waals surface area contributed by atoms with Crippen LogP contribution in [0.1, 0.15) is 18.6 Å². The van der Waals surface area contributed by atoms with Gasteiger partial charge in [-0.3, -0.25) is 0 Å². The van der Waals surface area contributed by atoms with Crippen molar-refractivity contribution >= 4 is 17.0 Å². The summed E-state index contributed by atoms with van der Waals surface area (Å²) < 4.78 is 0. The first kappa shape index (κ1) is 12.4. The topological polar surface area (TPSA) is 66.5 Å². The largest absolute Gasteiger partial charge is 0.508 e. The van der Waals surface area contributed by atoms with Gasteiger partial charge in [0.2, 0.25) is 0 Å². The molecule has 0 fully saturated rings. The summed E-state index contributed by atoms with van der Waals surface area (Å²) in [5.74, 6) is 0.146. The molecule has 4 heteroatoms. The lowest BCUT2D eigenvalue weighted by Gasteiger charge is -2.14. The van der Waals surface area contributed by atoms with Crippen LogP contribution in [0.5, 0.6) is 5.75 Å². The minimum absolute atomic E-state index is 0. The van der Waals surface area contributed by atoms with Crippen LogP contribution in [0, 0.1) is 0 Å². The van der Waals surface area contributed by atoms with Gasteiger partial charge < -0.3 is 15.9 Å². The van der Waals surface area contributed by atoms with Crippen molar-refractivity contribution in [2.24, 2.45) is 5.73 Å². The Kier molecular flexibility index (Phi) is 4.98. The van der Waals surface area contributed by atoms with Crippen LogP contribution in [0.15, 0.2) is 24.3 Å². The Hall–Kier alpha value is -0.580. The predicted octanol–water partition coefficient (Wildman–Crippen LogP) is 1.35. The number of nitrogens with two attached hydrogens (primary N) is 1. The number of phenolic OH excluding ortho intramolecular Hbond substituents is 1. The quantitative estimate of drug-likeness (QED) is 0.740. The summed E-state index contributed by atoms with van der Waals surface area (Å²) in [5, 5.41) is 18.6. The Labute approximate surface area is 88.0 Å². The van der Waals surface area contributed by atoms with Crippen LogP contribution in [0.2, 0.25) is 0 Å². The summed E-state index contributed by atoms with van der Waals surface area (Å²) in [6.07, 6.45) is -0.711. The molecule has 2 atom stereocenters. The van der Waals surface area contributed by atoms with Gasteiger partial charge in [0, 0.05) is 6.04 Å². The maximum atomic E-state index is 9.49. The number of aromatic hydroxyl groups is 1. The van der Waals surface area contributed by atoms with Gasteiger partial charge in [0.15, 0.2) is 0 Å². The first-order valence-corrected chi connectivity index (χ1v) is 3.84. The first-order valence-electron chi connectivity index (χ1n) is 3.84. The third kappa shape index (κ3) is 3.34. The van der Waals surface area contributed by atoms with E-state index < -0.39 is 6.10 Å². The Balaban J connectivity index is 0.00000144. The van der Waals surface area contributed by atoms with Crippen LogP contribution < -0.4 is 5.73 Å². The number of aliphatic hydroxyl groups excluding tert-OH is 1. The summed E-state index contributed by atoms with van der Waals surface area (Å²) >= 11 is 0. The highest BCUT2D eigenvalue weighted by atomic mass is 79.9. The van der Waals surface area contributed by atoms with Crippen molar-refractivity contribution in [2.75, 3.05) is 0 Å². The summed E-state index contributed by atoms with van der Waals surface area (Å²) in [6.45, 7) is 1.72. The maximum absolute atomic E-state index is 9.49. The first-order chi connectivity index (χ1) is 5.61. The zero-order chi connectivity index (χ0) is 9.14. The number of benzene rings is 1. The van der Waals surface area contributed by atoms with E-state index in [-0.39, 0.29) is 28.8 Å². The fourth-order valence-electron chi connectivity index (χ4n) is 1.01. The van der Waals surface area contributed by atoms with Gasteiger partial charge in [0.25, 0.3) is 0 Å². The normalized spacial score (nSPS) is 14.4. The number of rotatable bonds is 2. The molecule has 0 amide bonds. The Morgan fingerprint density at radius 1 is 1.38 bits per heavy atom. The van der Waals surface area contributed by atoms with Gasteiger partial charge in [-0.1, -0.05) is 12.1 Å². The van der Waals surface area contributed by atoms with Crippen LogP contribution in [-0.4, -0.2) is 16.3 Å². The molecule has 1 rings (SSSR count). The number of hydrogen-bond donors (Lipinski definition) is 3. The SMILES string of the molecule is Br.C[C@H](N)[C@H](O)c1cccc(O)c1. The summed E-state index contributed by atoms with van der Waals surface area (Å²) in [4.78, 5) is 0. The highest BCUT2D eigenvalue weighted by molar-refractivity contribution is 8.93. The molecule has 1 aromatic carbocycles. The lowest BCUT2D eigenvalue weighted by Crippen LogP contribution is -2.24. The molecule has 0 saturated carbocycles. The van der Waals surface area contributed by atoms with Gasteiger partial charge in [-0.25, -0.2) is 0 Å². The van der Waals surface area contributed by atoms with Gasteiger partial charge in [0.1, 0.15) is 5.75 Å². The molecule has 0 radical (unpaired) electrons. The Morgan fingerprint density at radius 2 is 2.00 bits per heavy atom. The number of phenols is 1. The molecule has 0 aromatic heterocycles. The third-order valence-electron chi connectivity index (χ3n) is 1.71. The molecule has 74 valence electrons. The molecule has 4 N–H and O–H groups in total. The molecule has 3 nitrogen and oxygen atoms in total. The van der Waals surface area contributed by atoms with Gasteiger partial charge in [-0.2, -0.15) is 0 Å². The van der Waals surface area contributed by atoms with Crippen molar-refractivity contribution in [3.05, 3.63) is 29.8 Å². The van der Waals surface area contributed by atoms with E-state index in [0.717, 1.165) is 0 Å². The van der Waals surface area contributed by atoms with Crippen molar-refractivity contribution in [1.29, 1.82) is 0 Å². The molecule has 0 unspecified atom stereocenters. The second kappa shape index (κ2) is 5.21. The smallest absolute Gasteiger partial charge is 0.115 e. The minimum Gasteiger partial charge on any atom is -0.508 e. The van der Waals surface area contributed by atoms with E-state index in [0.29, 0.717) is 5.56 Å². The molecular weight excluding hydrogens is 234 g/mol. The fraction of sp³-hybridized carbons (Fsp3) is 0.333. The molecule has 0 spiro atoms. The maximum Gasteiger partial charge on any atom is 0.115 e. The predicted molar refractivity (Wildman–Crippen MR) is 57.0 cm³/mol. The van der Waals surface area contributed by atoms with E-state index in [1.54, 1.807) is 25.1 Å². The van der Waals surface area contributed by atoms with E-state index in [1.165, 1.54) is 6.07 Å². The second-order valence-electron chi connectivity index (χ2n) is 2.90. The van der Waals surface area contributed by atoms with Gasteiger partial charge >= 0.3 is 0 Å². The van der Waals surface area contributed by atoms with Crippen molar-refractivity contribution in [1.82, 2.24) is 0 Å². The van der Waals surface area contributed by atoms with Crippen LogP contribution in [0.4, 0.5) is 0 Å². The van der Waals surface area contributed by atoms with Crippen LogP contribution in [0.3, 0.4) is 0 Å². The monoisotopic (exact) mass is 247 g/mol. The van der Waals surface area contributed by atoms with E-state index in [2.05, 4.69) is 0 Å². The molecule has 0 aliphatic carbocycles. The van der Waals surface area contributed by atoms with Crippen molar-refractivity contribution in [3.63, 3.8) is 0 Å². The number of hydrogen-bond acceptors (Lipinski definition) is 3. The Morgan fingerprint density at radius 3 is 2.46 bits per heavy atom. The Bertz CT molecular complexity index is 266. The van der Waals surface area contributed by atoms with Crippen LogP contribution in [-0.2, 0) is 0 Å². The summed E-state index contributed by atoms with van der Waals surface area (Å²) in [5.41, 5.74) is 6.13. The lowest BCUT2D eigenvalue weighted by atomic mass is 10.0. The third-order valence-corrected chi connectivity index (χ3v) is 1.71. The van der Waals surface area contributed by atoms with Crippen LogP contribution >= 0.6 is 17.0 Å². The number of aliphatic hydroxyl groups is 1. The van der Waals surface area contributed by atoms with Crippen molar-refractivity contribution in [3.8, 4) is 5.75 Å². The van der Waals surface area contributed by atoms with Crippen molar-refractivity contribution < 1.29 is 10.2 Å². The number of halogens is 1. The fourth-order valence-corrected chi connectivity index (χ4v) is 1.01. The van der Waals surface area contributed by atoms with Crippen molar-refractivity contribution in [2.45, 2.75) is 19.1 Å². The zero-order valence-corrected chi connectivity index (χ0v) is 9.06. The molecule has 13 heavy (non-hydrogen) atoms. The van der Waals surface area contributed by atoms with E-state index in [4.69, 9.17) is 10.8 Å². The molecule has 0 heterocycles. The zero-order valence-electron chi connectivity index (χ0n) is 7.34. The highest BCUT2D eigenvalue weighted by Gasteiger charge is 2.11. The molecule has 0 saturated heterocycles. The molecule has 0 aliphatic rings. The highest BCUT2D eigenvalue weighted by Crippen LogP contribution is 2.19. The van der Waals surface area contributed by atoms with E-state index in [1.807, 2.05) is 0 Å².